The van der Waals surface area contributed by atoms with Crippen LogP contribution < -0.4 is 5.32 Å². The second-order valence-electron chi connectivity index (χ2n) is 15.4. The van der Waals surface area contributed by atoms with Crippen molar-refractivity contribution in [3.8, 4) is 16.9 Å². The van der Waals surface area contributed by atoms with E-state index in [9.17, 15) is 15.0 Å². The molecule has 8 rings (SSSR count). The smallest absolute Gasteiger partial charge is 0.255 e. The lowest BCUT2D eigenvalue weighted by Crippen LogP contribution is -2.73. The molecule has 6 heteroatoms. The van der Waals surface area contributed by atoms with Gasteiger partial charge in [-0.1, -0.05) is 85.8 Å². The Labute approximate surface area is 283 Å². The number of aromatic amines is 1. The van der Waals surface area contributed by atoms with Crippen LogP contribution in [0.4, 0.5) is 0 Å². The van der Waals surface area contributed by atoms with E-state index in [4.69, 9.17) is 0 Å². The molecule has 1 aromatic heterocycles. The fraction of sp³-hybridized carbons (Fsp3) is 0.357. The number of carbonyl (C=O) groups is 1. The van der Waals surface area contributed by atoms with E-state index >= 15 is 0 Å². The van der Waals surface area contributed by atoms with Crippen LogP contribution in [0, 0.1) is 5.92 Å². The highest BCUT2D eigenvalue weighted by Crippen LogP contribution is 2.57. The number of nitrogens with zero attached hydrogens (tertiary/aromatic N) is 1. The monoisotopic (exact) mass is 640 g/mol. The Morgan fingerprint density at radius 2 is 1.62 bits per heavy atom. The number of phenolic OH excluding ortho intramolecular Hbond substituents is 1. The summed E-state index contributed by atoms with van der Waals surface area (Å²) in [6, 6.07) is 30.8. The molecular formula is C42H46N3O3+. The molecule has 1 heterocycles. The average Bonchev–Trinajstić information content (AvgIpc) is 3.82. The van der Waals surface area contributed by atoms with Gasteiger partial charge in [0, 0.05) is 59.3 Å². The van der Waals surface area contributed by atoms with Crippen LogP contribution in [0.15, 0.2) is 91.0 Å². The van der Waals surface area contributed by atoms with E-state index in [1.807, 2.05) is 30.3 Å². The van der Waals surface area contributed by atoms with Gasteiger partial charge in [-0.3, -0.25) is 4.79 Å². The highest BCUT2D eigenvalue weighted by molar-refractivity contribution is 5.97. The molecule has 5 aromatic rings. The highest BCUT2D eigenvalue weighted by atomic mass is 16.3. The van der Waals surface area contributed by atoms with Gasteiger partial charge in [0.25, 0.3) is 5.91 Å². The van der Waals surface area contributed by atoms with Gasteiger partial charge in [-0.05, 0) is 59.2 Å². The summed E-state index contributed by atoms with van der Waals surface area (Å²) in [6.45, 7) is 3.60. The average molecular weight is 641 g/mol. The van der Waals surface area contributed by atoms with Crippen molar-refractivity contribution in [1.29, 1.82) is 0 Å². The number of aromatic hydroxyl groups is 1. The normalized spacial score (nSPS) is 23.3. The van der Waals surface area contributed by atoms with Gasteiger partial charge in [-0.2, -0.15) is 0 Å². The maximum atomic E-state index is 13.6. The van der Waals surface area contributed by atoms with E-state index < -0.39 is 11.0 Å². The molecule has 3 aliphatic carbocycles. The Kier molecular flexibility index (Phi) is 7.31. The molecule has 0 saturated heterocycles. The summed E-state index contributed by atoms with van der Waals surface area (Å²) in [5.41, 5.74) is 6.91. The van der Waals surface area contributed by atoms with Crippen LogP contribution in [-0.2, 0) is 31.1 Å². The maximum absolute atomic E-state index is 13.6. The van der Waals surface area contributed by atoms with Crippen LogP contribution in [0.1, 0.15) is 58.1 Å². The molecular weight excluding hydrogens is 594 g/mol. The number of H-pyrrole nitrogens is 1. The zero-order valence-electron chi connectivity index (χ0n) is 28.2. The van der Waals surface area contributed by atoms with Crippen LogP contribution in [0.25, 0.3) is 22.0 Å². The summed E-state index contributed by atoms with van der Waals surface area (Å²) in [7, 11) is 4.54. The van der Waals surface area contributed by atoms with Crippen LogP contribution in [0.2, 0.25) is 0 Å². The number of benzene rings is 4. The van der Waals surface area contributed by atoms with Gasteiger partial charge in [0.2, 0.25) is 0 Å². The third kappa shape index (κ3) is 5.05. The Hall–Kier alpha value is -4.39. The van der Waals surface area contributed by atoms with Gasteiger partial charge in [0.15, 0.2) is 0 Å². The number of hydrogen-bond donors (Lipinski definition) is 4. The van der Waals surface area contributed by atoms with Crippen molar-refractivity contribution >= 4 is 16.8 Å². The fourth-order valence-corrected chi connectivity index (χ4v) is 9.18. The predicted molar refractivity (Wildman–Crippen MR) is 191 cm³/mol. The van der Waals surface area contributed by atoms with E-state index in [0.717, 1.165) is 49.9 Å². The number of para-hydroxylation sites is 1. The first kappa shape index (κ1) is 30.9. The Morgan fingerprint density at radius 1 is 0.917 bits per heavy atom. The summed E-state index contributed by atoms with van der Waals surface area (Å²) >= 11 is 0. The maximum Gasteiger partial charge on any atom is 0.255 e. The molecule has 0 spiro atoms. The molecule has 3 atom stereocenters. The summed E-state index contributed by atoms with van der Waals surface area (Å²) < 4.78 is 0.725. The summed E-state index contributed by atoms with van der Waals surface area (Å²) in [5.74, 6) is 0.408. The van der Waals surface area contributed by atoms with Gasteiger partial charge in [-0.15, -0.1) is 0 Å². The molecule has 1 unspecified atom stereocenters. The molecule has 48 heavy (non-hydrogen) atoms. The molecule has 0 bridgehead atoms. The molecule has 1 fully saturated rings. The predicted octanol–water partition coefficient (Wildman–Crippen LogP) is 6.71. The van der Waals surface area contributed by atoms with Crippen molar-refractivity contribution in [2.24, 2.45) is 5.92 Å². The Morgan fingerprint density at radius 3 is 2.38 bits per heavy atom. The molecule has 246 valence electrons. The van der Waals surface area contributed by atoms with Crippen molar-refractivity contribution in [3.63, 3.8) is 0 Å². The number of amides is 1. The van der Waals surface area contributed by atoms with Crippen LogP contribution in [0.3, 0.4) is 0 Å². The Bertz CT molecular complexity index is 2010. The number of nitrogens with one attached hydrogen (secondary N) is 2. The van der Waals surface area contributed by atoms with E-state index in [2.05, 4.69) is 85.9 Å². The molecule has 1 saturated carbocycles. The lowest BCUT2D eigenvalue weighted by atomic mass is 9.52. The molecule has 4 N–H and O–H groups in total. The number of phenols is 1. The lowest BCUT2D eigenvalue weighted by molar-refractivity contribution is -0.925. The largest absolute Gasteiger partial charge is 0.507 e. The number of quaternary nitrogens is 1. The number of aromatic nitrogens is 1. The molecule has 3 aliphatic rings. The third-order valence-electron chi connectivity index (χ3n) is 11.9. The molecule has 1 amide bonds. The first-order chi connectivity index (χ1) is 23.1. The zero-order valence-corrected chi connectivity index (χ0v) is 28.2. The van der Waals surface area contributed by atoms with E-state index in [0.29, 0.717) is 38.1 Å². The van der Waals surface area contributed by atoms with Gasteiger partial charge in [0.05, 0.1) is 26.2 Å². The minimum absolute atomic E-state index is 0.00338. The second-order valence-corrected chi connectivity index (χ2v) is 15.4. The molecule has 6 nitrogen and oxygen atoms in total. The van der Waals surface area contributed by atoms with Crippen LogP contribution >= 0.6 is 0 Å². The first-order valence-corrected chi connectivity index (χ1v) is 17.5. The summed E-state index contributed by atoms with van der Waals surface area (Å²) in [4.78, 5) is 17.3. The minimum atomic E-state index is -1.13. The SMILES string of the molecule is CC12Cc3[nH]c4ccccc4c3C[C@@]1(O)[C@H]([N+](C)(C)CC1CC1)Cc1ccc(C(=O)NCCc3ccc(-c4ccccc4)cc3)c(O)c12. The number of hydrogen-bond acceptors (Lipinski definition) is 3. The number of rotatable bonds is 8. The number of carbonyl (C=O) groups excluding carboxylic acids is 1. The minimum Gasteiger partial charge on any atom is -0.507 e. The number of aliphatic hydroxyl groups is 1. The van der Waals surface area contributed by atoms with Crippen LogP contribution in [0.5, 0.6) is 5.75 Å². The third-order valence-corrected chi connectivity index (χ3v) is 11.9. The van der Waals surface area contributed by atoms with Crippen LogP contribution in [-0.4, -0.2) is 64.4 Å². The second kappa shape index (κ2) is 11.4. The van der Waals surface area contributed by atoms with Gasteiger partial charge >= 0.3 is 0 Å². The number of likely N-dealkylation sites (N-methyl/N-ethyl adjacent to an activating group) is 1. The standard InChI is InChI=1S/C42H45N3O3/c1-41-25-36-34(32-11-7-8-12-35(32)44-36)24-42(41,48)37(45(2,3)26-28-13-14-28)23-31-19-20-33(39(46)38(31)41)40(47)43-22-21-27-15-17-30(18-16-27)29-9-5-4-6-10-29/h4-12,15-20,28,37,44,48H,13-14,21-26H2,1-3H3,(H-,43,46,47)/p+1/t37-,41?,42-/m1/s1. The quantitative estimate of drug-likeness (QED) is 0.142. The first-order valence-electron chi connectivity index (χ1n) is 17.5. The summed E-state index contributed by atoms with van der Waals surface area (Å²) in [5, 5.41) is 29.5. The lowest BCUT2D eigenvalue weighted by Gasteiger charge is -2.59. The van der Waals surface area contributed by atoms with E-state index in [1.54, 1.807) is 6.07 Å². The van der Waals surface area contributed by atoms with Gasteiger partial charge < -0.3 is 25.0 Å². The highest BCUT2D eigenvalue weighted by Gasteiger charge is 2.65. The van der Waals surface area contributed by atoms with Crippen molar-refractivity contribution in [1.82, 2.24) is 10.3 Å². The summed E-state index contributed by atoms with van der Waals surface area (Å²) in [6.07, 6.45) is 4.89. The molecule has 0 aliphatic heterocycles. The van der Waals surface area contributed by atoms with E-state index in [-0.39, 0.29) is 23.3 Å². The van der Waals surface area contributed by atoms with Crippen molar-refractivity contribution in [2.45, 2.75) is 62.5 Å². The van der Waals surface area contributed by atoms with Crippen molar-refractivity contribution in [2.75, 3.05) is 27.2 Å². The van der Waals surface area contributed by atoms with Crippen molar-refractivity contribution in [3.05, 3.63) is 125 Å². The van der Waals surface area contributed by atoms with Gasteiger partial charge in [-0.25, -0.2) is 0 Å². The zero-order chi connectivity index (χ0) is 33.3. The molecule has 0 radical (unpaired) electrons. The number of fused-ring (bicyclic) bond motifs is 6. The molecule has 4 aromatic carbocycles. The topological polar surface area (TPSA) is 85.3 Å². The Balaban J connectivity index is 1.10. The van der Waals surface area contributed by atoms with Crippen molar-refractivity contribution < 1.29 is 19.5 Å². The van der Waals surface area contributed by atoms with E-state index in [1.165, 1.54) is 24.0 Å². The van der Waals surface area contributed by atoms with Gasteiger partial charge in [0.1, 0.15) is 17.4 Å². The fourth-order valence-electron chi connectivity index (χ4n) is 9.18.